The van der Waals surface area contributed by atoms with Crippen LogP contribution >= 0.6 is 15.9 Å². The molecule has 4 atom stereocenters. The summed E-state index contributed by atoms with van der Waals surface area (Å²) in [5.74, 6) is -5.02. The molecule has 0 saturated heterocycles. The zero-order valence-electron chi connectivity index (χ0n) is 48.8. The zero-order chi connectivity index (χ0) is 65.5. The first-order valence-corrected chi connectivity index (χ1v) is 30.3. The van der Waals surface area contributed by atoms with Crippen LogP contribution in [0.5, 0.6) is 11.5 Å². The lowest BCUT2D eigenvalue weighted by Crippen LogP contribution is -2.50. The van der Waals surface area contributed by atoms with Crippen LogP contribution in [0.2, 0.25) is 0 Å². The molecule has 0 spiro atoms. The Morgan fingerprint density at radius 3 is 1.20 bits per heavy atom. The van der Waals surface area contributed by atoms with Crippen LogP contribution in [0, 0.1) is 23.3 Å². The van der Waals surface area contributed by atoms with Crippen molar-refractivity contribution in [2.75, 3.05) is 0 Å². The summed E-state index contributed by atoms with van der Waals surface area (Å²) in [6, 6.07) is 49.9. The predicted octanol–water partition coefficient (Wildman–Crippen LogP) is 19.4. The van der Waals surface area contributed by atoms with Gasteiger partial charge in [0.25, 0.3) is 0 Å². The summed E-state index contributed by atoms with van der Waals surface area (Å²) in [6.07, 6.45) is -13.1. The number of nitrogens with one attached hydrogen (secondary N) is 2. The highest BCUT2D eigenvalue weighted by atomic mass is 79.9. The minimum Gasteiger partial charge on any atom is -0.428 e. The molecule has 8 aromatic carbocycles. The number of ether oxygens (including phenoxy) is 2. The molecule has 0 heterocycles. The first-order valence-electron chi connectivity index (χ1n) is 27.2. The van der Waals surface area contributed by atoms with Crippen LogP contribution < -0.4 is 18.9 Å². The van der Waals surface area contributed by atoms with E-state index < -0.39 is 102 Å². The molecule has 0 aliphatic heterocycles. The molecule has 0 unspecified atom stereocenters. The summed E-state index contributed by atoms with van der Waals surface area (Å²) in [5.41, 5.74) is 0.718. The zero-order valence-corrected chi connectivity index (χ0v) is 52.1. The van der Waals surface area contributed by atoms with E-state index in [2.05, 4.69) is 41.4 Å². The van der Waals surface area contributed by atoms with Crippen molar-refractivity contribution in [3.8, 4) is 11.5 Å². The largest absolute Gasteiger partial charge is 0.461 e. The van der Waals surface area contributed by atoms with Crippen molar-refractivity contribution >= 4 is 56.1 Å². The highest BCUT2D eigenvalue weighted by Gasteiger charge is 2.47. The standard InChI is InChI=1S/C34H31F6NO2S.C26H24BrF6NO2S.C8H8.CH4/c1-32(2,3)44(42)41-33(22-24-12-8-5-9-13-24,27-19-28(35)21-29(20-27)43-34(39,40)31(37)38)26-16-17-30(36)25(18-26)15-14-23-10-6-4-7-11-23;1-24(2,3)37(35)34-25(15-16-7-5-4-6-8-16,17-9-10-22(29)21(27)13-17)18-11-19(28)14-20(12-18)36-26(32,33)23(30)31;1-2-8-6-4-3-5-7-8;/h4-21,31,41H,22H2,1-3H3;4-14,23,34H,15H2,1-3H3;2-7H,1H2;1H4/b15-14+;;;/t33-,44-;25-,37-;;/m11../s1. The fourth-order valence-electron chi connectivity index (χ4n) is 8.65. The molecule has 0 fully saturated rings. The van der Waals surface area contributed by atoms with Gasteiger partial charge in [-0.3, -0.25) is 0 Å². The summed E-state index contributed by atoms with van der Waals surface area (Å²) in [4.78, 5) is 0. The van der Waals surface area contributed by atoms with E-state index in [9.17, 15) is 52.3 Å². The van der Waals surface area contributed by atoms with Crippen LogP contribution in [0.25, 0.3) is 18.2 Å². The molecule has 2 N–H and O–H groups in total. The smallest absolute Gasteiger partial charge is 0.428 e. The maximum Gasteiger partial charge on any atom is 0.461 e. The normalized spacial score (nSPS) is 14.0. The first-order chi connectivity index (χ1) is 41.8. The fraction of sp³-hybridized carbons (Fsp3) is 0.246. The maximum absolute atomic E-state index is 15.2. The van der Waals surface area contributed by atoms with E-state index in [0.717, 1.165) is 35.9 Å². The van der Waals surface area contributed by atoms with Crippen molar-refractivity contribution in [3.05, 3.63) is 279 Å². The monoisotopic (exact) mass is 1360 g/mol. The summed E-state index contributed by atoms with van der Waals surface area (Å²) >= 11 is 3.13. The lowest BCUT2D eigenvalue weighted by atomic mass is 9.78. The highest BCUT2D eigenvalue weighted by molar-refractivity contribution is 9.10. The molecule has 0 radical (unpaired) electrons. The molecule has 480 valence electrons. The van der Waals surface area contributed by atoms with E-state index >= 15 is 8.78 Å². The second kappa shape index (κ2) is 31.6. The highest BCUT2D eigenvalue weighted by Crippen LogP contribution is 2.42. The summed E-state index contributed by atoms with van der Waals surface area (Å²) in [6.45, 7) is 13.8. The van der Waals surface area contributed by atoms with Gasteiger partial charge in [-0.1, -0.05) is 166 Å². The van der Waals surface area contributed by atoms with Crippen molar-refractivity contribution in [2.24, 2.45) is 0 Å². The van der Waals surface area contributed by atoms with Gasteiger partial charge in [0.1, 0.15) is 34.8 Å². The van der Waals surface area contributed by atoms with Crippen molar-refractivity contribution < 1.29 is 70.6 Å². The molecule has 21 heteroatoms. The van der Waals surface area contributed by atoms with E-state index in [4.69, 9.17) is 0 Å². The van der Waals surface area contributed by atoms with Gasteiger partial charge in [0, 0.05) is 17.7 Å². The lowest BCUT2D eigenvalue weighted by molar-refractivity contribution is -0.253. The molecule has 0 saturated carbocycles. The Kier molecular flexibility index (Phi) is 25.8. The minimum absolute atomic E-state index is 0. The molecule has 8 rings (SSSR count). The van der Waals surface area contributed by atoms with Crippen LogP contribution in [0.3, 0.4) is 0 Å². The first kappa shape index (κ1) is 73.4. The Morgan fingerprint density at radius 1 is 0.478 bits per heavy atom. The number of benzene rings is 8. The number of hydrogen-bond acceptors (Lipinski definition) is 4. The quantitative estimate of drug-likeness (QED) is 0.0555. The average molecular weight is 1360 g/mol. The van der Waals surface area contributed by atoms with Gasteiger partial charge < -0.3 is 9.47 Å². The SMILES string of the molecule is C.C=Cc1ccccc1.CC(C)(C)[S@@](=O)N[C@@](Cc1ccccc1)(c1cc(F)cc(OC(F)(F)C(F)F)c1)c1ccc(F)c(/C=C/c2ccccc2)c1.CC(C)(C)[S@@](=O)N[C@@](Cc1ccccc1)(c1cc(F)cc(OC(F)(F)C(F)F)c1)c1ccc(F)c(Br)c1. The van der Waals surface area contributed by atoms with Crippen LogP contribution in [-0.4, -0.2) is 43.0 Å². The molecule has 0 aliphatic carbocycles. The van der Waals surface area contributed by atoms with Gasteiger partial charge in [-0.25, -0.2) is 35.4 Å². The summed E-state index contributed by atoms with van der Waals surface area (Å²) in [5, 5.41) is 0. The molecular weight excluding hydrogens is 1290 g/mol. The summed E-state index contributed by atoms with van der Waals surface area (Å²) < 4.78 is 206. The second-order valence-corrected chi connectivity index (χ2v) is 26.9. The van der Waals surface area contributed by atoms with Crippen LogP contribution in [-0.2, 0) is 45.9 Å². The molecule has 0 aliphatic rings. The van der Waals surface area contributed by atoms with Crippen molar-refractivity contribution in [3.63, 3.8) is 0 Å². The fourth-order valence-corrected chi connectivity index (χ4v) is 10.9. The number of rotatable bonds is 21. The molecule has 8 aromatic rings. The Labute approximate surface area is 530 Å². The van der Waals surface area contributed by atoms with E-state index in [1.54, 1.807) is 114 Å². The third-order valence-electron chi connectivity index (χ3n) is 13.2. The Morgan fingerprint density at radius 2 is 0.844 bits per heavy atom. The molecule has 6 nitrogen and oxygen atoms in total. The van der Waals surface area contributed by atoms with Gasteiger partial charge in [-0.2, -0.15) is 35.1 Å². The van der Waals surface area contributed by atoms with Gasteiger partial charge in [0.15, 0.2) is 0 Å². The Bertz CT molecular complexity index is 3710. The summed E-state index contributed by atoms with van der Waals surface area (Å²) in [7, 11) is -3.68. The number of hydrogen-bond donors (Lipinski definition) is 2. The Hall–Kier alpha value is -7.30. The Balaban J connectivity index is 0.000000291. The van der Waals surface area contributed by atoms with Crippen LogP contribution in [0.4, 0.5) is 52.7 Å². The van der Waals surface area contributed by atoms with Crippen molar-refractivity contribution in [2.45, 2.75) is 107 Å². The minimum atomic E-state index is -4.90. The third-order valence-corrected chi connectivity index (χ3v) is 17.1. The van der Waals surface area contributed by atoms with E-state index in [1.807, 2.05) is 66.7 Å². The van der Waals surface area contributed by atoms with Crippen molar-refractivity contribution in [1.82, 2.24) is 9.44 Å². The second-order valence-electron chi connectivity index (χ2n) is 22.1. The van der Waals surface area contributed by atoms with E-state index in [1.165, 1.54) is 35.9 Å². The predicted molar refractivity (Wildman–Crippen MR) is 339 cm³/mol. The number of halogens is 13. The van der Waals surface area contributed by atoms with Gasteiger partial charge in [-0.05, 0) is 163 Å². The van der Waals surface area contributed by atoms with Crippen LogP contribution in [0.1, 0.15) is 99.0 Å². The number of alkyl halides is 8. The van der Waals surface area contributed by atoms with Gasteiger partial charge >= 0.3 is 25.1 Å². The van der Waals surface area contributed by atoms with Crippen LogP contribution in [0.15, 0.2) is 205 Å². The maximum atomic E-state index is 15.2. The van der Waals surface area contributed by atoms with E-state index in [-0.39, 0.29) is 41.4 Å². The third kappa shape index (κ3) is 20.1. The van der Waals surface area contributed by atoms with E-state index in [0.29, 0.717) is 34.4 Å². The molecule has 0 bridgehead atoms. The molecule has 0 amide bonds. The topological polar surface area (TPSA) is 76.7 Å². The lowest BCUT2D eigenvalue weighted by Gasteiger charge is -2.38. The molecule has 90 heavy (non-hydrogen) atoms. The average Bonchev–Trinajstić information content (AvgIpc) is 0.770. The molecular formula is C69H67BrF12N2O4S2. The van der Waals surface area contributed by atoms with Crippen molar-refractivity contribution in [1.29, 1.82) is 0 Å². The van der Waals surface area contributed by atoms with Gasteiger partial charge in [0.05, 0.1) is 47.0 Å². The van der Waals surface area contributed by atoms with Gasteiger partial charge in [0.2, 0.25) is 0 Å². The van der Waals surface area contributed by atoms with Gasteiger partial charge in [-0.15, -0.1) is 0 Å². The molecule has 0 aromatic heterocycles.